The van der Waals surface area contributed by atoms with E-state index in [0.29, 0.717) is 0 Å². The van der Waals surface area contributed by atoms with Crippen molar-refractivity contribution in [1.29, 1.82) is 0 Å². The molecule has 3 heteroatoms. The topological polar surface area (TPSA) is 6.48 Å². The Hall–Kier alpha value is -5.02. The Kier molecular flexibility index (Phi) is 9.51. The number of benzene rings is 6. The number of rotatable bonds is 3. The van der Waals surface area contributed by atoms with Crippen molar-refractivity contribution >= 4 is 57.2 Å². The first-order valence-electron chi connectivity index (χ1n) is 21.8. The summed E-state index contributed by atoms with van der Waals surface area (Å²) < 4.78 is 0. The molecule has 8 rings (SSSR count). The van der Waals surface area contributed by atoms with Gasteiger partial charge in [0.15, 0.2) is 0 Å². The number of nitrogens with zero attached hydrogens (tertiary/aromatic N) is 2. The van der Waals surface area contributed by atoms with Crippen molar-refractivity contribution in [1.82, 2.24) is 0 Å². The van der Waals surface area contributed by atoms with Crippen molar-refractivity contribution in [2.24, 2.45) is 0 Å². The van der Waals surface area contributed by atoms with Crippen LogP contribution in [0.2, 0.25) is 0 Å². The van der Waals surface area contributed by atoms with Gasteiger partial charge < -0.3 is 9.80 Å². The zero-order valence-electron chi connectivity index (χ0n) is 38.8. The largest absolute Gasteiger partial charge is 0.311 e. The molecular weight excluding hydrogens is 711 g/mol. The zero-order valence-corrected chi connectivity index (χ0v) is 38.8. The lowest BCUT2D eigenvalue weighted by Gasteiger charge is -2.45. The van der Waals surface area contributed by atoms with Crippen molar-refractivity contribution in [2.45, 2.75) is 132 Å². The van der Waals surface area contributed by atoms with Crippen LogP contribution in [0.3, 0.4) is 0 Å². The first-order valence-corrected chi connectivity index (χ1v) is 21.8. The molecule has 2 heterocycles. The number of aryl methyl sites for hydroxylation is 4. The summed E-state index contributed by atoms with van der Waals surface area (Å²) in [5.41, 5.74) is 24.6. The Morgan fingerprint density at radius 2 is 0.814 bits per heavy atom. The molecule has 0 fully saturated rings. The molecule has 0 amide bonds. The molecule has 0 atom stereocenters. The molecule has 0 spiro atoms. The lowest BCUT2D eigenvalue weighted by atomic mass is 9.33. The third-order valence-electron chi connectivity index (χ3n) is 12.9. The van der Waals surface area contributed by atoms with Gasteiger partial charge >= 0.3 is 0 Å². The van der Waals surface area contributed by atoms with E-state index in [1.807, 2.05) is 0 Å². The highest BCUT2D eigenvalue weighted by Gasteiger charge is 2.44. The maximum absolute atomic E-state index is 2.62. The van der Waals surface area contributed by atoms with E-state index in [1.54, 1.807) is 0 Å². The van der Waals surface area contributed by atoms with E-state index in [-0.39, 0.29) is 28.4 Å². The van der Waals surface area contributed by atoms with Gasteiger partial charge in [0.05, 0.1) is 0 Å². The maximum atomic E-state index is 2.62. The third kappa shape index (κ3) is 7.13. The van der Waals surface area contributed by atoms with Crippen LogP contribution in [0.25, 0.3) is 11.1 Å². The minimum absolute atomic E-state index is 0.0264. The first-order chi connectivity index (χ1) is 27.4. The second-order valence-corrected chi connectivity index (χ2v) is 22.0. The van der Waals surface area contributed by atoms with Crippen LogP contribution in [0, 0.1) is 27.7 Å². The minimum Gasteiger partial charge on any atom is -0.311 e. The molecule has 2 aliphatic heterocycles. The van der Waals surface area contributed by atoms with Crippen LogP contribution in [-0.2, 0) is 21.7 Å². The highest BCUT2D eigenvalue weighted by Crippen LogP contribution is 2.49. The fraction of sp³-hybridized carbons (Fsp3) is 0.357. The molecule has 302 valence electrons. The molecule has 6 aromatic rings. The summed E-state index contributed by atoms with van der Waals surface area (Å²) >= 11 is 0. The summed E-state index contributed by atoms with van der Waals surface area (Å²) in [5, 5.41) is 0. The van der Waals surface area contributed by atoms with Crippen molar-refractivity contribution in [3.63, 3.8) is 0 Å². The van der Waals surface area contributed by atoms with Crippen LogP contribution in [0.5, 0.6) is 0 Å². The van der Waals surface area contributed by atoms with E-state index in [0.717, 1.165) is 0 Å². The second kappa shape index (κ2) is 13.8. The molecule has 6 aromatic carbocycles. The minimum atomic E-state index is -0.0274. The van der Waals surface area contributed by atoms with Crippen LogP contribution in [0.15, 0.2) is 103 Å². The highest BCUT2D eigenvalue weighted by molar-refractivity contribution is 7.00. The highest BCUT2D eigenvalue weighted by atomic mass is 15.2. The van der Waals surface area contributed by atoms with Gasteiger partial charge in [-0.2, -0.15) is 0 Å². The fourth-order valence-corrected chi connectivity index (χ4v) is 9.62. The molecule has 0 saturated carbocycles. The van der Waals surface area contributed by atoms with E-state index in [9.17, 15) is 0 Å². The number of para-hydroxylation sites is 1. The number of fused-ring (bicyclic) bond motifs is 4. The van der Waals surface area contributed by atoms with E-state index in [1.165, 1.54) is 106 Å². The summed E-state index contributed by atoms with van der Waals surface area (Å²) in [6, 6.07) is 40.9. The van der Waals surface area contributed by atoms with Gasteiger partial charge in [-0.05, 0) is 159 Å². The molecule has 59 heavy (non-hydrogen) atoms. The second-order valence-electron chi connectivity index (χ2n) is 22.0. The summed E-state index contributed by atoms with van der Waals surface area (Å²) in [5.74, 6) is 0. The van der Waals surface area contributed by atoms with Crippen molar-refractivity contribution < 1.29 is 0 Å². The average molecular weight is 777 g/mol. The lowest BCUT2D eigenvalue weighted by molar-refractivity contribution is 0.568. The Balaban J connectivity index is 1.56. The molecule has 0 saturated heterocycles. The quantitative estimate of drug-likeness (QED) is 0.165. The van der Waals surface area contributed by atoms with Gasteiger partial charge in [0, 0.05) is 34.1 Å². The molecule has 0 aromatic heterocycles. The van der Waals surface area contributed by atoms with Gasteiger partial charge in [-0.1, -0.05) is 149 Å². The van der Waals surface area contributed by atoms with Crippen molar-refractivity contribution in [3.8, 4) is 11.1 Å². The fourth-order valence-electron chi connectivity index (χ4n) is 9.62. The Morgan fingerprint density at radius 3 is 1.25 bits per heavy atom. The van der Waals surface area contributed by atoms with E-state index < -0.39 is 0 Å². The first kappa shape index (κ1) is 40.8. The van der Waals surface area contributed by atoms with Gasteiger partial charge in [0.2, 0.25) is 0 Å². The molecule has 0 N–H and O–H groups in total. The van der Waals surface area contributed by atoms with Crippen molar-refractivity contribution in [3.05, 3.63) is 148 Å². The molecule has 2 nitrogen and oxygen atoms in total. The van der Waals surface area contributed by atoms with Crippen molar-refractivity contribution in [2.75, 3.05) is 9.80 Å². The molecule has 2 aliphatic rings. The predicted octanol–water partition coefficient (Wildman–Crippen LogP) is 13.9. The monoisotopic (exact) mass is 777 g/mol. The molecule has 0 bridgehead atoms. The van der Waals surface area contributed by atoms with Gasteiger partial charge in [-0.3, -0.25) is 0 Å². The van der Waals surface area contributed by atoms with Gasteiger partial charge in [-0.25, -0.2) is 0 Å². The smallest absolute Gasteiger partial charge is 0.252 e. The van der Waals surface area contributed by atoms with Crippen LogP contribution in [0.1, 0.15) is 128 Å². The summed E-state index contributed by atoms with van der Waals surface area (Å²) in [6.07, 6.45) is 0. The van der Waals surface area contributed by atoms with Gasteiger partial charge in [-0.15, -0.1) is 0 Å². The van der Waals surface area contributed by atoms with Gasteiger partial charge in [0.25, 0.3) is 6.71 Å². The third-order valence-corrected chi connectivity index (χ3v) is 12.9. The summed E-state index contributed by atoms with van der Waals surface area (Å²) in [7, 11) is 0. The molecular formula is C56H65BN2. The van der Waals surface area contributed by atoms with Crippen LogP contribution in [0.4, 0.5) is 34.1 Å². The number of hydrogen-bond acceptors (Lipinski definition) is 2. The van der Waals surface area contributed by atoms with E-state index in [4.69, 9.17) is 0 Å². The van der Waals surface area contributed by atoms with Crippen LogP contribution in [-0.4, -0.2) is 6.71 Å². The SMILES string of the molecule is Cc1cc(C)c(-c2cc3c4c(c2)N(c2cc(C(C)(C)C)cc(C(C)(C)C)c2)c2ccc(C)cc2B4c2ccccc2N3c2cc(C(C)(C)C)cc(C(C)(C)C)c2)c(C)c1. The Bertz CT molecular complexity index is 2550. The Labute approximate surface area is 356 Å². The predicted molar refractivity (Wildman–Crippen MR) is 260 cm³/mol. The lowest BCUT2D eigenvalue weighted by Crippen LogP contribution is -2.61. The van der Waals surface area contributed by atoms with Gasteiger partial charge in [0.1, 0.15) is 0 Å². The van der Waals surface area contributed by atoms with E-state index in [2.05, 4.69) is 224 Å². The van der Waals surface area contributed by atoms with E-state index >= 15 is 0 Å². The molecule has 0 aliphatic carbocycles. The van der Waals surface area contributed by atoms with Crippen LogP contribution >= 0.6 is 0 Å². The standard InChI is InChI=1S/C56H65BN2/c1-34-21-22-48-46(25-34)57-45-19-17-18-20-47(45)58(43-30-39(53(5,6)7)28-40(31-43)54(8,9)10)49-26-38(51-36(3)23-35(2)24-37(51)4)27-50(52(49)57)59(48)44-32-41(55(11,12)13)29-42(33-44)56(14,15)16/h17-33H,1-16H3. The number of anilines is 6. The summed E-state index contributed by atoms with van der Waals surface area (Å²) in [6.45, 7) is 37.3. The normalized spacial score (nSPS) is 14.0. The Morgan fingerprint density at radius 1 is 0.390 bits per heavy atom. The number of hydrogen-bond donors (Lipinski definition) is 0. The average Bonchev–Trinajstić information content (AvgIpc) is 3.12. The zero-order chi connectivity index (χ0) is 42.7. The molecule has 0 unspecified atom stereocenters. The molecule has 0 radical (unpaired) electrons. The maximum Gasteiger partial charge on any atom is 0.252 e. The van der Waals surface area contributed by atoms with Crippen LogP contribution < -0.4 is 26.2 Å². The summed E-state index contributed by atoms with van der Waals surface area (Å²) in [4.78, 5) is 5.23.